The minimum atomic E-state index is -0.0947. The molecule has 3 aromatic rings. The summed E-state index contributed by atoms with van der Waals surface area (Å²) in [5.74, 6) is 1.88. The first-order valence-corrected chi connectivity index (χ1v) is 10.5. The van der Waals surface area contributed by atoms with E-state index in [1.165, 1.54) is 0 Å². The first-order valence-electron chi connectivity index (χ1n) is 9.59. The third-order valence-electron chi connectivity index (χ3n) is 4.27. The Morgan fingerprint density at radius 3 is 2.43 bits per heavy atom. The number of rotatable bonds is 6. The molecule has 0 bridgehead atoms. The van der Waals surface area contributed by atoms with Crippen molar-refractivity contribution < 1.29 is 4.74 Å². The average Bonchev–Trinajstić information content (AvgIpc) is 3.25. The summed E-state index contributed by atoms with van der Waals surface area (Å²) in [7, 11) is 0. The molecule has 150 valence electrons. The molecular formula is C22H30N4OS. The molecule has 0 aliphatic carbocycles. The van der Waals surface area contributed by atoms with Crippen molar-refractivity contribution in [2.75, 3.05) is 5.32 Å². The van der Waals surface area contributed by atoms with Gasteiger partial charge in [0.25, 0.3) is 0 Å². The quantitative estimate of drug-likeness (QED) is 0.589. The lowest BCUT2D eigenvalue weighted by molar-refractivity contribution is 0.305. The maximum Gasteiger partial charge on any atom is 0.140 e. The smallest absolute Gasteiger partial charge is 0.140 e. The van der Waals surface area contributed by atoms with Crippen LogP contribution in [0.15, 0.2) is 41.8 Å². The number of nitrogens with zero attached hydrogens (tertiary/aromatic N) is 3. The van der Waals surface area contributed by atoms with Crippen LogP contribution in [-0.4, -0.2) is 14.8 Å². The van der Waals surface area contributed by atoms with E-state index in [1.54, 1.807) is 11.3 Å². The summed E-state index contributed by atoms with van der Waals surface area (Å²) in [6.07, 6.45) is 0. The minimum Gasteiger partial charge on any atom is -0.486 e. The maximum atomic E-state index is 5.79. The summed E-state index contributed by atoms with van der Waals surface area (Å²) in [5, 5.41) is 11.4. The predicted octanol–water partition coefficient (Wildman–Crippen LogP) is 5.58. The van der Waals surface area contributed by atoms with Crippen molar-refractivity contribution in [3.8, 4) is 5.75 Å². The zero-order valence-electron chi connectivity index (χ0n) is 17.6. The molecule has 0 aliphatic heterocycles. The van der Waals surface area contributed by atoms with E-state index in [2.05, 4.69) is 68.0 Å². The van der Waals surface area contributed by atoms with Crippen LogP contribution in [0.1, 0.15) is 57.9 Å². The van der Waals surface area contributed by atoms with Gasteiger partial charge in [0.2, 0.25) is 0 Å². The van der Waals surface area contributed by atoms with E-state index in [4.69, 9.17) is 9.84 Å². The van der Waals surface area contributed by atoms with Gasteiger partial charge in [-0.1, -0.05) is 39.0 Å². The molecule has 5 nitrogen and oxygen atoms in total. The summed E-state index contributed by atoms with van der Waals surface area (Å²) in [6.45, 7) is 14.2. The SMILES string of the molecule is CC(C)(C)c1cc(NCc2csc(COc3ccccc3)n2)n(C(C)(C)C)n1. The second-order valence-corrected chi connectivity index (χ2v) is 9.88. The van der Waals surface area contributed by atoms with Gasteiger partial charge < -0.3 is 10.1 Å². The molecule has 0 saturated carbocycles. The fourth-order valence-corrected chi connectivity index (χ4v) is 3.43. The normalized spacial score (nSPS) is 12.2. The van der Waals surface area contributed by atoms with Gasteiger partial charge in [-0.25, -0.2) is 9.67 Å². The molecule has 0 aliphatic rings. The molecule has 6 heteroatoms. The summed E-state index contributed by atoms with van der Waals surface area (Å²) < 4.78 is 7.85. The highest BCUT2D eigenvalue weighted by Gasteiger charge is 2.24. The molecule has 1 N–H and O–H groups in total. The lowest BCUT2D eigenvalue weighted by atomic mass is 9.92. The maximum absolute atomic E-state index is 5.79. The van der Waals surface area contributed by atoms with Crippen molar-refractivity contribution in [1.82, 2.24) is 14.8 Å². The van der Waals surface area contributed by atoms with Crippen LogP contribution < -0.4 is 10.1 Å². The Kier molecular flexibility index (Phi) is 5.79. The molecule has 0 atom stereocenters. The first kappa shape index (κ1) is 20.4. The zero-order chi connectivity index (χ0) is 20.4. The number of nitrogens with one attached hydrogen (secondary N) is 1. The Balaban J connectivity index is 1.66. The lowest BCUT2D eigenvalue weighted by Crippen LogP contribution is -2.26. The van der Waals surface area contributed by atoms with Gasteiger partial charge in [0.1, 0.15) is 23.2 Å². The molecule has 0 amide bonds. The highest BCUT2D eigenvalue weighted by Crippen LogP contribution is 2.28. The van der Waals surface area contributed by atoms with Crippen LogP contribution in [0, 0.1) is 0 Å². The molecule has 0 spiro atoms. The van der Waals surface area contributed by atoms with Gasteiger partial charge in [-0.3, -0.25) is 0 Å². The highest BCUT2D eigenvalue weighted by atomic mass is 32.1. The van der Waals surface area contributed by atoms with Gasteiger partial charge in [-0.05, 0) is 32.9 Å². The molecule has 1 aromatic carbocycles. The van der Waals surface area contributed by atoms with Gasteiger partial charge in [0.15, 0.2) is 0 Å². The molecule has 0 unspecified atom stereocenters. The molecule has 0 fully saturated rings. The summed E-state index contributed by atoms with van der Waals surface area (Å²) >= 11 is 1.62. The van der Waals surface area contributed by atoms with Gasteiger partial charge >= 0.3 is 0 Å². The molecular weight excluding hydrogens is 368 g/mol. The number of hydrogen-bond acceptors (Lipinski definition) is 5. The van der Waals surface area contributed by atoms with Crippen LogP contribution in [0.5, 0.6) is 5.75 Å². The van der Waals surface area contributed by atoms with Gasteiger partial charge in [-0.2, -0.15) is 5.10 Å². The standard InChI is InChI=1S/C22H30N4OS/c1-21(2,3)18-12-19(26(25-18)22(4,5)6)23-13-16-15-28-20(24-16)14-27-17-10-8-7-9-11-17/h7-12,15,23H,13-14H2,1-6H3. The lowest BCUT2D eigenvalue weighted by Gasteiger charge is -2.23. The van der Waals surface area contributed by atoms with Gasteiger partial charge in [0, 0.05) is 16.9 Å². The number of benzene rings is 1. The van der Waals surface area contributed by atoms with Crippen LogP contribution in [0.4, 0.5) is 5.82 Å². The third-order valence-corrected chi connectivity index (χ3v) is 5.14. The van der Waals surface area contributed by atoms with Crippen molar-refractivity contribution in [3.05, 3.63) is 58.2 Å². The topological polar surface area (TPSA) is 52.0 Å². The van der Waals surface area contributed by atoms with Crippen molar-refractivity contribution in [1.29, 1.82) is 0 Å². The Morgan fingerprint density at radius 1 is 1.07 bits per heavy atom. The van der Waals surface area contributed by atoms with Crippen LogP contribution in [0.3, 0.4) is 0 Å². The molecule has 2 heterocycles. The Hall–Kier alpha value is -2.34. The fraction of sp³-hybridized carbons (Fsp3) is 0.455. The summed E-state index contributed by atoms with van der Waals surface area (Å²) in [4.78, 5) is 4.69. The van der Waals surface area contributed by atoms with Gasteiger partial charge in [-0.15, -0.1) is 11.3 Å². The summed E-state index contributed by atoms with van der Waals surface area (Å²) in [5.41, 5.74) is 2.01. The van der Waals surface area contributed by atoms with Crippen LogP contribution in [0.25, 0.3) is 0 Å². The van der Waals surface area contributed by atoms with Crippen molar-refractivity contribution in [2.45, 2.75) is 65.6 Å². The van der Waals surface area contributed by atoms with E-state index in [0.717, 1.165) is 28.0 Å². The van der Waals surface area contributed by atoms with Crippen LogP contribution >= 0.6 is 11.3 Å². The first-order chi connectivity index (χ1) is 13.1. The second kappa shape index (κ2) is 7.95. The van der Waals surface area contributed by atoms with E-state index in [9.17, 15) is 0 Å². The number of para-hydroxylation sites is 1. The number of anilines is 1. The Morgan fingerprint density at radius 2 is 1.79 bits per heavy atom. The third kappa shape index (κ3) is 5.13. The highest BCUT2D eigenvalue weighted by molar-refractivity contribution is 7.09. The van der Waals surface area contributed by atoms with Crippen LogP contribution in [-0.2, 0) is 24.1 Å². The molecule has 3 rings (SSSR count). The number of ether oxygens (including phenoxy) is 1. The van der Waals surface area contributed by atoms with Crippen molar-refractivity contribution in [3.63, 3.8) is 0 Å². The van der Waals surface area contributed by atoms with E-state index in [-0.39, 0.29) is 11.0 Å². The van der Waals surface area contributed by atoms with Gasteiger partial charge in [0.05, 0.1) is 23.5 Å². The minimum absolute atomic E-state index is 0.00943. The molecule has 2 aromatic heterocycles. The van der Waals surface area contributed by atoms with E-state index >= 15 is 0 Å². The molecule has 0 saturated heterocycles. The summed E-state index contributed by atoms with van der Waals surface area (Å²) in [6, 6.07) is 12.0. The average molecular weight is 399 g/mol. The molecule has 0 radical (unpaired) electrons. The van der Waals surface area contributed by atoms with E-state index in [1.807, 2.05) is 30.3 Å². The number of thiazole rings is 1. The van der Waals surface area contributed by atoms with E-state index in [0.29, 0.717) is 13.2 Å². The Bertz CT molecular complexity index is 901. The van der Waals surface area contributed by atoms with Crippen LogP contribution in [0.2, 0.25) is 0 Å². The largest absolute Gasteiger partial charge is 0.486 e. The van der Waals surface area contributed by atoms with Crippen molar-refractivity contribution in [2.24, 2.45) is 0 Å². The van der Waals surface area contributed by atoms with Crippen molar-refractivity contribution >= 4 is 17.2 Å². The second-order valence-electron chi connectivity index (χ2n) is 8.94. The fourth-order valence-electron chi connectivity index (χ4n) is 2.72. The molecule has 28 heavy (non-hydrogen) atoms. The number of hydrogen-bond donors (Lipinski definition) is 1. The van der Waals surface area contributed by atoms with E-state index < -0.39 is 0 Å². The zero-order valence-corrected chi connectivity index (χ0v) is 18.4. The Labute approximate surface area is 171 Å². The predicted molar refractivity (Wildman–Crippen MR) is 116 cm³/mol. The monoisotopic (exact) mass is 398 g/mol. The number of aromatic nitrogens is 3.